The van der Waals surface area contributed by atoms with E-state index < -0.39 is 6.61 Å². The highest BCUT2D eigenvalue weighted by atomic mass is 127. The van der Waals surface area contributed by atoms with Crippen LogP contribution in [0.15, 0.2) is 17.1 Å². The first-order chi connectivity index (χ1) is 12.4. The molecule has 0 bridgehead atoms. The summed E-state index contributed by atoms with van der Waals surface area (Å²) in [4.78, 5) is 17.4. The van der Waals surface area contributed by atoms with Gasteiger partial charge in [0.1, 0.15) is 5.75 Å². The Balaban J connectivity index is 0.00000364. The first kappa shape index (κ1) is 23.0. The molecule has 0 radical (unpaired) electrons. The van der Waals surface area contributed by atoms with Crippen LogP contribution in [0.1, 0.15) is 12.5 Å². The molecule has 1 heterocycles. The Morgan fingerprint density at radius 2 is 1.96 bits per heavy atom. The zero-order valence-corrected chi connectivity index (χ0v) is 17.6. The number of rotatable bonds is 7. The molecule has 2 N–H and O–H groups in total. The second-order valence-corrected chi connectivity index (χ2v) is 5.53. The van der Waals surface area contributed by atoms with Crippen LogP contribution in [0.3, 0.4) is 0 Å². The smallest absolute Gasteiger partial charge is 0.387 e. The highest BCUT2D eigenvalue weighted by Crippen LogP contribution is 2.38. The fourth-order valence-electron chi connectivity index (χ4n) is 2.12. The second kappa shape index (κ2) is 10.9. The molecule has 0 saturated carbocycles. The van der Waals surface area contributed by atoms with Gasteiger partial charge in [0.2, 0.25) is 12.7 Å². The number of benzene rings is 1. The number of halogens is 3. The van der Waals surface area contributed by atoms with Crippen LogP contribution in [-0.4, -0.2) is 57.4 Å². The fourth-order valence-corrected chi connectivity index (χ4v) is 2.12. The predicted molar refractivity (Wildman–Crippen MR) is 106 cm³/mol. The van der Waals surface area contributed by atoms with Gasteiger partial charge in [-0.15, -0.1) is 24.0 Å². The predicted octanol–water partition coefficient (Wildman–Crippen LogP) is 1.78. The van der Waals surface area contributed by atoms with Gasteiger partial charge in [0.25, 0.3) is 0 Å². The van der Waals surface area contributed by atoms with E-state index in [2.05, 4.69) is 20.4 Å². The average Bonchev–Trinajstić information content (AvgIpc) is 3.03. The molecule has 27 heavy (non-hydrogen) atoms. The normalized spacial score (nSPS) is 12.4. The summed E-state index contributed by atoms with van der Waals surface area (Å²) in [6, 6.07) is 2.91. The number of hydrogen-bond acceptors (Lipinski definition) is 5. The Morgan fingerprint density at radius 1 is 1.30 bits per heavy atom. The zero-order chi connectivity index (χ0) is 19.1. The minimum atomic E-state index is -2.97. The van der Waals surface area contributed by atoms with E-state index in [-0.39, 0.29) is 55.5 Å². The van der Waals surface area contributed by atoms with Gasteiger partial charge in [-0.3, -0.25) is 4.79 Å². The van der Waals surface area contributed by atoms with Crippen LogP contribution in [0.2, 0.25) is 0 Å². The van der Waals surface area contributed by atoms with Crippen molar-refractivity contribution < 1.29 is 27.8 Å². The number of aliphatic imine (C=N–C) groups is 1. The third kappa shape index (κ3) is 6.88. The second-order valence-electron chi connectivity index (χ2n) is 5.53. The molecular weight excluding hydrogens is 477 g/mol. The van der Waals surface area contributed by atoms with Gasteiger partial charge >= 0.3 is 6.61 Å². The summed E-state index contributed by atoms with van der Waals surface area (Å²) in [6.45, 7) is -0.403. The summed E-state index contributed by atoms with van der Waals surface area (Å²) in [5.41, 5.74) is 0.408. The van der Waals surface area contributed by atoms with Crippen molar-refractivity contribution in [1.29, 1.82) is 0 Å². The van der Waals surface area contributed by atoms with E-state index in [9.17, 15) is 13.6 Å². The minimum absolute atomic E-state index is 0. The van der Waals surface area contributed by atoms with E-state index in [1.165, 1.54) is 11.0 Å². The Morgan fingerprint density at radius 3 is 2.56 bits per heavy atom. The molecule has 0 aromatic heterocycles. The Hall–Kier alpha value is -2.05. The summed E-state index contributed by atoms with van der Waals surface area (Å²) in [7, 11) is 3.29. The number of hydrogen-bond donors (Lipinski definition) is 2. The number of ether oxygens (including phenoxy) is 3. The highest BCUT2D eigenvalue weighted by molar-refractivity contribution is 14.0. The van der Waals surface area contributed by atoms with Crippen molar-refractivity contribution in [3.05, 3.63) is 17.7 Å². The monoisotopic (exact) mass is 500 g/mol. The molecule has 0 aliphatic carbocycles. The van der Waals surface area contributed by atoms with Crippen LogP contribution in [-0.2, 0) is 11.3 Å². The number of amides is 1. The van der Waals surface area contributed by atoms with Gasteiger partial charge in [-0.25, -0.2) is 4.99 Å². The van der Waals surface area contributed by atoms with E-state index in [0.29, 0.717) is 29.6 Å². The van der Waals surface area contributed by atoms with Crippen LogP contribution in [0, 0.1) is 0 Å². The van der Waals surface area contributed by atoms with Crippen molar-refractivity contribution in [2.75, 3.05) is 34.0 Å². The van der Waals surface area contributed by atoms with E-state index in [0.717, 1.165) is 0 Å². The Bertz CT molecular complexity index is 674. The lowest BCUT2D eigenvalue weighted by molar-refractivity contribution is -0.127. The quantitative estimate of drug-likeness (QED) is 0.338. The number of alkyl halides is 2. The van der Waals surface area contributed by atoms with Crippen molar-refractivity contribution in [3.63, 3.8) is 0 Å². The number of carbonyl (C=O) groups is 1. The maximum Gasteiger partial charge on any atom is 0.387 e. The molecule has 1 aliphatic rings. The molecule has 1 amide bonds. The van der Waals surface area contributed by atoms with E-state index in [1.54, 1.807) is 20.2 Å². The molecule has 11 heteroatoms. The SMILES string of the molecule is CCNC(=NCc1cc2c(cc1OC(F)F)OCO2)NCC(=O)N(C)C.I. The summed E-state index contributed by atoms with van der Waals surface area (Å²) in [5, 5.41) is 5.87. The van der Waals surface area contributed by atoms with Crippen LogP contribution in [0.5, 0.6) is 17.2 Å². The van der Waals surface area contributed by atoms with Crippen LogP contribution < -0.4 is 24.8 Å². The molecule has 0 atom stereocenters. The lowest BCUT2D eigenvalue weighted by Gasteiger charge is -2.15. The van der Waals surface area contributed by atoms with Gasteiger partial charge < -0.3 is 29.7 Å². The average molecular weight is 500 g/mol. The number of nitrogens with one attached hydrogen (secondary N) is 2. The maximum absolute atomic E-state index is 12.7. The largest absolute Gasteiger partial charge is 0.454 e. The maximum atomic E-state index is 12.7. The molecular formula is C16H23F2IN4O4. The first-order valence-electron chi connectivity index (χ1n) is 8.00. The molecule has 2 rings (SSSR count). The van der Waals surface area contributed by atoms with Crippen molar-refractivity contribution >= 4 is 35.8 Å². The van der Waals surface area contributed by atoms with Crippen molar-refractivity contribution in [3.8, 4) is 17.2 Å². The highest BCUT2D eigenvalue weighted by Gasteiger charge is 2.20. The number of nitrogens with zero attached hydrogens (tertiary/aromatic N) is 2. The van der Waals surface area contributed by atoms with Crippen LogP contribution >= 0.6 is 24.0 Å². The van der Waals surface area contributed by atoms with E-state index in [1.807, 2.05) is 6.92 Å². The van der Waals surface area contributed by atoms with E-state index in [4.69, 9.17) is 9.47 Å². The molecule has 1 aliphatic heterocycles. The van der Waals surface area contributed by atoms with E-state index >= 15 is 0 Å². The molecule has 0 spiro atoms. The summed E-state index contributed by atoms with van der Waals surface area (Å²) < 4.78 is 40.3. The van der Waals surface area contributed by atoms with Crippen molar-refractivity contribution in [2.45, 2.75) is 20.1 Å². The molecule has 1 aromatic carbocycles. The van der Waals surface area contributed by atoms with Crippen molar-refractivity contribution in [1.82, 2.24) is 15.5 Å². The molecule has 1 aromatic rings. The lowest BCUT2D eigenvalue weighted by Crippen LogP contribution is -2.42. The van der Waals surface area contributed by atoms with Gasteiger partial charge in [0.15, 0.2) is 17.5 Å². The summed E-state index contributed by atoms with van der Waals surface area (Å²) >= 11 is 0. The van der Waals surface area contributed by atoms with Crippen molar-refractivity contribution in [2.24, 2.45) is 4.99 Å². The summed E-state index contributed by atoms with van der Waals surface area (Å²) in [6.07, 6.45) is 0. The lowest BCUT2D eigenvalue weighted by atomic mass is 10.1. The molecule has 0 unspecified atom stereocenters. The number of likely N-dealkylation sites (N-methyl/N-ethyl adjacent to an activating group) is 1. The first-order valence-corrected chi connectivity index (χ1v) is 8.00. The summed E-state index contributed by atoms with van der Waals surface area (Å²) in [5.74, 6) is 1.00. The molecule has 0 fully saturated rings. The van der Waals surface area contributed by atoms with Crippen LogP contribution in [0.25, 0.3) is 0 Å². The van der Waals surface area contributed by atoms with Gasteiger partial charge in [-0.05, 0) is 13.0 Å². The molecule has 152 valence electrons. The zero-order valence-electron chi connectivity index (χ0n) is 15.3. The molecule has 8 nitrogen and oxygen atoms in total. The molecule has 0 saturated heterocycles. The minimum Gasteiger partial charge on any atom is -0.454 e. The van der Waals surface area contributed by atoms with Gasteiger partial charge in [0, 0.05) is 32.3 Å². The number of carbonyl (C=O) groups excluding carboxylic acids is 1. The third-order valence-corrected chi connectivity index (χ3v) is 3.43. The van der Waals surface area contributed by atoms with Gasteiger partial charge in [-0.2, -0.15) is 8.78 Å². The van der Waals surface area contributed by atoms with Crippen LogP contribution in [0.4, 0.5) is 8.78 Å². The topological polar surface area (TPSA) is 84.4 Å². The number of fused-ring (bicyclic) bond motifs is 1. The Kier molecular flexibility index (Phi) is 9.32. The Labute approximate surface area is 173 Å². The standard InChI is InChI=1S/C16H22F2N4O4.HI/c1-4-19-16(21-8-14(23)22(2)3)20-7-10-5-12-13(25-9-24-12)6-11(10)26-15(17)18;/h5-6,15H,4,7-9H2,1-3H3,(H2,19,20,21);1H. The van der Waals surface area contributed by atoms with Gasteiger partial charge in [0.05, 0.1) is 13.1 Å². The van der Waals surface area contributed by atoms with Gasteiger partial charge in [-0.1, -0.05) is 0 Å². The number of guanidine groups is 1. The fraction of sp³-hybridized carbons (Fsp3) is 0.500. The third-order valence-electron chi connectivity index (χ3n) is 3.43.